The van der Waals surface area contributed by atoms with Gasteiger partial charge in [-0.05, 0) is 37.1 Å². The van der Waals surface area contributed by atoms with Crippen LogP contribution in [0.4, 0.5) is 4.79 Å². The first-order chi connectivity index (χ1) is 11.4. The van der Waals surface area contributed by atoms with Gasteiger partial charge in [-0.2, -0.15) is 0 Å². The lowest BCUT2D eigenvalue weighted by Crippen LogP contribution is -2.42. The van der Waals surface area contributed by atoms with E-state index in [2.05, 4.69) is 10.6 Å². The molecule has 0 saturated heterocycles. The first kappa shape index (κ1) is 17.9. The van der Waals surface area contributed by atoms with Gasteiger partial charge in [0.05, 0.1) is 6.42 Å². The monoisotopic (exact) mass is 352 g/mol. The van der Waals surface area contributed by atoms with Crippen molar-refractivity contribution in [3.8, 4) is 0 Å². The normalized spacial score (nSPS) is 13.0. The number of carbonyl (C=O) groups is 4. The number of ether oxygens (including phenoxy) is 1. The molecule has 0 heterocycles. The number of ketones is 1. The van der Waals surface area contributed by atoms with Gasteiger partial charge in [0.2, 0.25) is 0 Å². The maximum absolute atomic E-state index is 11.9. The number of hydrogen-bond donors (Lipinski definition) is 2. The smallest absolute Gasteiger partial charge is 0.321 e. The number of esters is 1. The summed E-state index contributed by atoms with van der Waals surface area (Å²) in [4.78, 5) is 46.1. The molecule has 0 bridgehead atoms. The van der Waals surface area contributed by atoms with Crippen molar-refractivity contribution < 1.29 is 23.9 Å². The van der Waals surface area contributed by atoms with Crippen molar-refractivity contribution in [3.05, 3.63) is 34.9 Å². The predicted molar refractivity (Wildman–Crippen MR) is 85.7 cm³/mol. The highest BCUT2D eigenvalue weighted by Gasteiger charge is 2.24. The van der Waals surface area contributed by atoms with Crippen LogP contribution >= 0.6 is 11.6 Å². The summed E-state index contributed by atoms with van der Waals surface area (Å²) in [7, 11) is 0. The zero-order valence-electron chi connectivity index (χ0n) is 12.8. The molecule has 0 unspecified atom stereocenters. The number of benzene rings is 1. The SMILES string of the molecule is O=C(COC(=O)CCC(=O)c1ccc(Cl)cc1)NC(=O)NC1CC1. The second kappa shape index (κ2) is 8.44. The zero-order valence-corrected chi connectivity index (χ0v) is 13.6. The molecule has 0 aromatic heterocycles. The van der Waals surface area contributed by atoms with Crippen LogP contribution in [0.3, 0.4) is 0 Å². The average molecular weight is 353 g/mol. The third-order valence-corrected chi connectivity index (χ3v) is 3.50. The number of amides is 3. The topological polar surface area (TPSA) is 102 Å². The fourth-order valence-corrected chi connectivity index (χ4v) is 1.95. The molecule has 3 amide bonds. The summed E-state index contributed by atoms with van der Waals surface area (Å²) >= 11 is 5.73. The molecular formula is C16H17ClN2O5. The Balaban J connectivity index is 1.63. The minimum Gasteiger partial charge on any atom is -0.456 e. The average Bonchev–Trinajstić information content (AvgIpc) is 3.35. The van der Waals surface area contributed by atoms with E-state index in [1.807, 2.05) is 0 Å². The van der Waals surface area contributed by atoms with Gasteiger partial charge in [-0.25, -0.2) is 4.79 Å². The third-order valence-electron chi connectivity index (χ3n) is 3.25. The van der Waals surface area contributed by atoms with Gasteiger partial charge in [0.1, 0.15) is 0 Å². The van der Waals surface area contributed by atoms with Crippen molar-refractivity contribution in [1.82, 2.24) is 10.6 Å². The van der Waals surface area contributed by atoms with Crippen LogP contribution in [0.2, 0.25) is 5.02 Å². The molecule has 2 rings (SSSR count). The molecule has 1 aromatic rings. The van der Waals surface area contributed by atoms with Crippen molar-refractivity contribution in [1.29, 1.82) is 0 Å². The largest absolute Gasteiger partial charge is 0.456 e. The summed E-state index contributed by atoms with van der Waals surface area (Å²) in [6.07, 6.45) is 1.61. The summed E-state index contributed by atoms with van der Waals surface area (Å²) < 4.78 is 4.73. The Bertz CT molecular complexity index is 640. The Morgan fingerprint density at radius 1 is 1.08 bits per heavy atom. The lowest BCUT2D eigenvalue weighted by atomic mass is 10.1. The van der Waals surface area contributed by atoms with Crippen molar-refractivity contribution in [3.63, 3.8) is 0 Å². The van der Waals surface area contributed by atoms with Crippen molar-refractivity contribution in [2.24, 2.45) is 0 Å². The van der Waals surface area contributed by atoms with Crippen molar-refractivity contribution in [2.75, 3.05) is 6.61 Å². The van der Waals surface area contributed by atoms with Gasteiger partial charge < -0.3 is 10.1 Å². The molecule has 0 atom stereocenters. The minimum absolute atomic E-state index is 0.0374. The molecule has 0 radical (unpaired) electrons. The van der Waals surface area contributed by atoms with E-state index in [1.54, 1.807) is 24.3 Å². The van der Waals surface area contributed by atoms with Crippen LogP contribution in [-0.4, -0.2) is 36.3 Å². The Morgan fingerprint density at radius 3 is 2.38 bits per heavy atom. The van der Waals surface area contributed by atoms with E-state index in [9.17, 15) is 19.2 Å². The maximum Gasteiger partial charge on any atom is 0.321 e. The summed E-state index contributed by atoms with van der Waals surface area (Å²) in [6, 6.07) is 5.84. The minimum atomic E-state index is -0.717. The standard InChI is InChI=1S/C16H17ClN2O5/c17-11-3-1-10(2-4-11)13(20)7-8-15(22)24-9-14(21)19-16(23)18-12-5-6-12/h1-4,12H,5-9H2,(H2,18,19,21,23). The quantitative estimate of drug-likeness (QED) is 0.576. The zero-order chi connectivity index (χ0) is 17.5. The van der Waals surface area contributed by atoms with Crippen LogP contribution in [0.1, 0.15) is 36.0 Å². The number of carbonyl (C=O) groups excluding carboxylic acids is 4. The first-order valence-corrected chi connectivity index (χ1v) is 7.86. The molecule has 1 aliphatic carbocycles. The summed E-state index contributed by atoms with van der Waals surface area (Å²) in [6.45, 7) is -0.563. The first-order valence-electron chi connectivity index (χ1n) is 7.49. The van der Waals surface area contributed by atoms with Crippen molar-refractivity contribution in [2.45, 2.75) is 31.7 Å². The number of rotatable bonds is 7. The molecular weight excluding hydrogens is 336 g/mol. The van der Waals surface area contributed by atoms with E-state index in [0.717, 1.165) is 12.8 Å². The van der Waals surface area contributed by atoms with E-state index in [-0.39, 0.29) is 24.7 Å². The van der Waals surface area contributed by atoms with Gasteiger partial charge in [-0.15, -0.1) is 0 Å². The summed E-state index contributed by atoms with van der Waals surface area (Å²) in [5.41, 5.74) is 0.446. The molecule has 7 nitrogen and oxygen atoms in total. The molecule has 1 fully saturated rings. The van der Waals surface area contributed by atoms with Gasteiger partial charge >= 0.3 is 12.0 Å². The van der Waals surface area contributed by atoms with E-state index in [1.165, 1.54) is 0 Å². The van der Waals surface area contributed by atoms with E-state index < -0.39 is 24.5 Å². The van der Waals surface area contributed by atoms with Crippen LogP contribution in [0.15, 0.2) is 24.3 Å². The van der Waals surface area contributed by atoms with Gasteiger partial charge in [-0.1, -0.05) is 11.6 Å². The number of Topliss-reactive ketones (excluding diaryl/α,β-unsaturated/α-hetero) is 1. The fourth-order valence-electron chi connectivity index (χ4n) is 1.83. The molecule has 2 N–H and O–H groups in total. The molecule has 0 aliphatic heterocycles. The van der Waals surface area contributed by atoms with Crippen LogP contribution in [0.5, 0.6) is 0 Å². The third kappa shape index (κ3) is 6.37. The van der Waals surface area contributed by atoms with E-state index >= 15 is 0 Å². The molecule has 8 heteroatoms. The molecule has 1 saturated carbocycles. The highest BCUT2D eigenvalue weighted by Crippen LogP contribution is 2.18. The number of halogens is 1. The van der Waals surface area contributed by atoms with E-state index in [4.69, 9.17) is 16.3 Å². The molecule has 24 heavy (non-hydrogen) atoms. The molecule has 0 spiro atoms. The molecule has 128 valence electrons. The van der Waals surface area contributed by atoms with Gasteiger partial charge in [0.25, 0.3) is 5.91 Å². The number of imide groups is 1. The Hall–Kier alpha value is -2.41. The highest BCUT2D eigenvalue weighted by molar-refractivity contribution is 6.30. The second-order valence-corrected chi connectivity index (χ2v) is 5.82. The number of nitrogens with one attached hydrogen (secondary N) is 2. The Kier molecular flexibility index (Phi) is 6.31. The van der Waals surface area contributed by atoms with Crippen LogP contribution in [-0.2, 0) is 14.3 Å². The molecule has 1 aromatic carbocycles. The van der Waals surface area contributed by atoms with Crippen LogP contribution < -0.4 is 10.6 Å². The predicted octanol–water partition coefficient (Wildman–Crippen LogP) is 1.83. The van der Waals surface area contributed by atoms with Crippen LogP contribution in [0.25, 0.3) is 0 Å². The number of hydrogen-bond acceptors (Lipinski definition) is 5. The van der Waals surface area contributed by atoms with Gasteiger partial charge in [-0.3, -0.25) is 19.7 Å². The Labute approximate surface area is 143 Å². The Morgan fingerprint density at radius 2 is 1.75 bits per heavy atom. The number of urea groups is 1. The highest BCUT2D eigenvalue weighted by atomic mass is 35.5. The summed E-state index contributed by atoms with van der Waals surface area (Å²) in [5.74, 6) is -1.63. The second-order valence-electron chi connectivity index (χ2n) is 5.39. The van der Waals surface area contributed by atoms with E-state index in [0.29, 0.717) is 10.6 Å². The molecule has 1 aliphatic rings. The maximum atomic E-state index is 11.9. The van der Waals surface area contributed by atoms with Gasteiger partial charge in [0.15, 0.2) is 12.4 Å². The van der Waals surface area contributed by atoms with Crippen molar-refractivity contribution >= 4 is 35.3 Å². The van der Waals surface area contributed by atoms with Crippen LogP contribution in [0, 0.1) is 0 Å². The fraction of sp³-hybridized carbons (Fsp3) is 0.375. The summed E-state index contributed by atoms with van der Waals surface area (Å²) in [5, 5.41) is 5.14. The lowest BCUT2D eigenvalue weighted by molar-refractivity contribution is -0.148. The van der Waals surface area contributed by atoms with Gasteiger partial charge in [0, 0.05) is 23.0 Å². The lowest BCUT2D eigenvalue weighted by Gasteiger charge is -2.06.